The number of hydrogen-bond acceptors (Lipinski definition) is 3. The molecule has 0 bridgehead atoms. The summed E-state index contributed by atoms with van der Waals surface area (Å²) >= 11 is 0. The highest BCUT2D eigenvalue weighted by Crippen LogP contribution is 2.15. The van der Waals surface area contributed by atoms with Gasteiger partial charge in [-0.15, -0.1) is 0 Å². The van der Waals surface area contributed by atoms with Crippen molar-refractivity contribution in [2.45, 2.75) is 25.9 Å². The normalized spacial score (nSPS) is 11.5. The van der Waals surface area contributed by atoms with Crippen LogP contribution in [0.1, 0.15) is 18.9 Å². The molecule has 0 saturated heterocycles. The molecule has 1 heterocycles. The Kier molecular flexibility index (Phi) is 3.88. The first kappa shape index (κ1) is 11.7. The molecule has 0 aliphatic heterocycles. The second kappa shape index (κ2) is 4.95. The van der Waals surface area contributed by atoms with Crippen molar-refractivity contribution in [3.05, 3.63) is 18.0 Å². The van der Waals surface area contributed by atoms with Crippen LogP contribution in [0.15, 0.2) is 12.4 Å². The maximum Gasteiger partial charge on any atom is 0.422 e. The lowest BCUT2D eigenvalue weighted by molar-refractivity contribution is -0.154. The van der Waals surface area contributed by atoms with Gasteiger partial charge in [0.1, 0.15) is 0 Å². The summed E-state index contributed by atoms with van der Waals surface area (Å²) in [6.07, 6.45) is 0.335. The molecule has 1 aromatic heterocycles. The van der Waals surface area contributed by atoms with Crippen molar-refractivity contribution in [3.63, 3.8) is 0 Å². The minimum Gasteiger partial charge on any atom is -0.454 e. The average molecular weight is 220 g/mol. The zero-order valence-corrected chi connectivity index (χ0v) is 8.21. The van der Waals surface area contributed by atoms with E-state index in [0.29, 0.717) is 0 Å². The first-order valence-electron chi connectivity index (χ1n) is 4.51. The van der Waals surface area contributed by atoms with Crippen LogP contribution in [0.2, 0.25) is 0 Å². The van der Waals surface area contributed by atoms with Crippen molar-refractivity contribution in [1.29, 1.82) is 0 Å². The van der Waals surface area contributed by atoms with Crippen LogP contribution in [0, 0.1) is 0 Å². The van der Waals surface area contributed by atoms with Crippen LogP contribution >= 0.6 is 0 Å². The zero-order valence-electron chi connectivity index (χ0n) is 8.21. The Bertz CT molecular complexity index is 297. The van der Waals surface area contributed by atoms with Gasteiger partial charge in [0.15, 0.2) is 6.61 Å². The average Bonchev–Trinajstić information content (AvgIpc) is 2.16. The lowest BCUT2D eigenvalue weighted by atomic mass is 10.2. The molecule has 0 amide bonds. The molecule has 0 N–H and O–H groups in total. The van der Waals surface area contributed by atoms with E-state index in [1.54, 1.807) is 0 Å². The van der Waals surface area contributed by atoms with Gasteiger partial charge < -0.3 is 4.74 Å². The van der Waals surface area contributed by atoms with Gasteiger partial charge in [-0.2, -0.15) is 13.2 Å². The summed E-state index contributed by atoms with van der Waals surface area (Å²) in [5.41, 5.74) is 0.886. The summed E-state index contributed by atoms with van der Waals surface area (Å²) in [5.74, 6) is 0. The third kappa shape index (κ3) is 4.62. The lowest BCUT2D eigenvalue weighted by Crippen LogP contribution is -2.20. The number of halogens is 3. The Morgan fingerprint density at radius 1 is 1.27 bits per heavy atom. The Hall–Kier alpha value is -1.33. The minimum atomic E-state index is -4.36. The van der Waals surface area contributed by atoms with Crippen LogP contribution in [0.5, 0.6) is 6.01 Å². The second-order valence-corrected chi connectivity index (χ2v) is 3.03. The molecule has 15 heavy (non-hydrogen) atoms. The highest BCUT2D eigenvalue weighted by atomic mass is 19.4. The van der Waals surface area contributed by atoms with E-state index in [2.05, 4.69) is 14.7 Å². The van der Waals surface area contributed by atoms with E-state index in [0.717, 1.165) is 18.4 Å². The van der Waals surface area contributed by atoms with Crippen LogP contribution in [0.25, 0.3) is 0 Å². The van der Waals surface area contributed by atoms with Crippen LogP contribution in [0.4, 0.5) is 13.2 Å². The summed E-state index contributed by atoms with van der Waals surface area (Å²) in [6.45, 7) is 0.633. The van der Waals surface area contributed by atoms with E-state index in [-0.39, 0.29) is 6.01 Å². The van der Waals surface area contributed by atoms with Crippen molar-refractivity contribution in [2.75, 3.05) is 6.61 Å². The number of nitrogens with zero attached hydrogens (tertiary/aromatic N) is 2. The number of alkyl halides is 3. The number of rotatable bonds is 4. The Labute approximate surface area is 85.3 Å². The van der Waals surface area contributed by atoms with Gasteiger partial charge in [-0.3, -0.25) is 0 Å². The molecule has 6 heteroatoms. The fourth-order valence-electron chi connectivity index (χ4n) is 0.982. The maximum absolute atomic E-state index is 11.8. The zero-order chi connectivity index (χ0) is 11.3. The molecule has 3 nitrogen and oxygen atoms in total. The first-order valence-corrected chi connectivity index (χ1v) is 4.51. The summed E-state index contributed by atoms with van der Waals surface area (Å²) in [5, 5.41) is 0. The van der Waals surface area contributed by atoms with E-state index in [9.17, 15) is 13.2 Å². The van der Waals surface area contributed by atoms with Crippen molar-refractivity contribution in [1.82, 2.24) is 9.97 Å². The molecular formula is C9H11F3N2O. The molecule has 0 fully saturated rings. The summed E-state index contributed by atoms with van der Waals surface area (Å²) in [7, 11) is 0. The molecule has 0 aliphatic carbocycles. The van der Waals surface area contributed by atoms with Gasteiger partial charge in [-0.25, -0.2) is 9.97 Å². The molecule has 1 rings (SSSR count). The Balaban J connectivity index is 2.50. The molecule has 1 aromatic rings. The van der Waals surface area contributed by atoms with Crippen LogP contribution in [-0.2, 0) is 6.42 Å². The third-order valence-corrected chi connectivity index (χ3v) is 1.59. The third-order valence-electron chi connectivity index (χ3n) is 1.59. The van der Waals surface area contributed by atoms with E-state index in [1.165, 1.54) is 12.4 Å². The molecule has 0 radical (unpaired) electrons. The van der Waals surface area contributed by atoms with E-state index in [1.807, 2.05) is 6.92 Å². The minimum absolute atomic E-state index is 0.243. The molecule has 0 aromatic carbocycles. The monoisotopic (exact) mass is 220 g/mol. The van der Waals surface area contributed by atoms with Crippen molar-refractivity contribution >= 4 is 0 Å². The van der Waals surface area contributed by atoms with Gasteiger partial charge in [0.2, 0.25) is 0 Å². The maximum atomic E-state index is 11.8. The van der Waals surface area contributed by atoms with Crippen molar-refractivity contribution < 1.29 is 17.9 Å². The number of aryl methyl sites for hydroxylation is 1. The fraction of sp³-hybridized carbons (Fsp3) is 0.556. The summed E-state index contributed by atoms with van der Waals surface area (Å²) < 4.78 is 39.6. The molecular weight excluding hydrogens is 209 g/mol. The predicted octanol–water partition coefficient (Wildman–Crippen LogP) is 2.37. The molecule has 0 atom stereocenters. The summed E-state index contributed by atoms with van der Waals surface area (Å²) in [4.78, 5) is 7.33. The van der Waals surface area contributed by atoms with Crippen molar-refractivity contribution in [3.8, 4) is 6.01 Å². The quantitative estimate of drug-likeness (QED) is 0.781. The van der Waals surface area contributed by atoms with Gasteiger partial charge in [-0.05, 0) is 12.0 Å². The highest BCUT2D eigenvalue weighted by Gasteiger charge is 2.28. The predicted molar refractivity (Wildman–Crippen MR) is 47.6 cm³/mol. The molecule has 0 aliphatic rings. The van der Waals surface area contributed by atoms with Crippen LogP contribution in [0.3, 0.4) is 0 Å². The van der Waals surface area contributed by atoms with Crippen LogP contribution < -0.4 is 4.74 Å². The van der Waals surface area contributed by atoms with E-state index < -0.39 is 12.8 Å². The molecule has 0 saturated carbocycles. The van der Waals surface area contributed by atoms with Crippen molar-refractivity contribution in [2.24, 2.45) is 0 Å². The lowest BCUT2D eigenvalue weighted by Gasteiger charge is -2.07. The van der Waals surface area contributed by atoms with E-state index >= 15 is 0 Å². The Morgan fingerprint density at radius 3 is 2.33 bits per heavy atom. The number of aromatic nitrogens is 2. The first-order chi connectivity index (χ1) is 7.01. The van der Waals surface area contributed by atoms with Gasteiger partial charge in [0, 0.05) is 12.4 Å². The van der Waals surface area contributed by atoms with Gasteiger partial charge >= 0.3 is 12.2 Å². The highest BCUT2D eigenvalue weighted by molar-refractivity contribution is 5.07. The van der Waals surface area contributed by atoms with Gasteiger partial charge in [0.25, 0.3) is 0 Å². The number of hydrogen-bond donors (Lipinski definition) is 0. The molecule has 0 spiro atoms. The topological polar surface area (TPSA) is 35.0 Å². The molecule has 84 valence electrons. The number of ether oxygens (including phenoxy) is 1. The molecule has 0 unspecified atom stereocenters. The Morgan fingerprint density at radius 2 is 1.87 bits per heavy atom. The van der Waals surface area contributed by atoms with Crippen LogP contribution in [-0.4, -0.2) is 22.8 Å². The second-order valence-electron chi connectivity index (χ2n) is 3.03. The van der Waals surface area contributed by atoms with E-state index in [4.69, 9.17) is 0 Å². The van der Waals surface area contributed by atoms with Gasteiger partial charge in [0.05, 0.1) is 0 Å². The van der Waals surface area contributed by atoms with Gasteiger partial charge in [-0.1, -0.05) is 13.3 Å². The largest absolute Gasteiger partial charge is 0.454 e. The fourth-order valence-corrected chi connectivity index (χ4v) is 0.982. The smallest absolute Gasteiger partial charge is 0.422 e. The standard InChI is InChI=1S/C9H11F3N2O/c1-2-3-7-4-13-8(14-5-7)15-6-9(10,11)12/h4-5H,2-3,6H2,1H3. The SMILES string of the molecule is CCCc1cnc(OCC(F)(F)F)nc1. The summed E-state index contributed by atoms with van der Waals surface area (Å²) in [6, 6.07) is -0.243.